The van der Waals surface area contributed by atoms with Crippen LogP contribution in [0.5, 0.6) is 0 Å². The van der Waals surface area contributed by atoms with Gasteiger partial charge in [0.15, 0.2) is 5.82 Å². The minimum Gasteiger partial charge on any atom is -0.336 e. The van der Waals surface area contributed by atoms with Crippen LogP contribution in [-0.2, 0) is 0 Å². The standard InChI is InChI=1S/C15H13N5O3S/c21-12-4-3-10(17-18-12)15(22)20-6-5-9(8-20)13-16-14(23-19-13)11-2-1-7-24-11/h1-4,7,9H,5-6,8H2,(H,18,21)/t9-/m1/s1. The molecule has 9 heteroatoms. The lowest BCUT2D eigenvalue weighted by atomic mass is 10.1. The van der Waals surface area contributed by atoms with Crippen molar-refractivity contribution in [1.82, 2.24) is 25.2 Å². The van der Waals surface area contributed by atoms with Gasteiger partial charge in [-0.05, 0) is 23.9 Å². The SMILES string of the molecule is O=C(c1ccc(=O)[nH]n1)N1CC[C@@H](c2noc(-c3cccs3)n2)C1. The van der Waals surface area contributed by atoms with Gasteiger partial charge in [-0.2, -0.15) is 10.1 Å². The maximum Gasteiger partial charge on any atom is 0.274 e. The summed E-state index contributed by atoms with van der Waals surface area (Å²) >= 11 is 1.54. The fraction of sp³-hybridized carbons (Fsp3) is 0.267. The average molecular weight is 343 g/mol. The summed E-state index contributed by atoms with van der Waals surface area (Å²) in [4.78, 5) is 30.5. The minimum absolute atomic E-state index is 0.0363. The Balaban J connectivity index is 1.47. The Labute approximate surface area is 140 Å². The van der Waals surface area contributed by atoms with Gasteiger partial charge in [-0.25, -0.2) is 5.10 Å². The second kappa shape index (κ2) is 6.00. The quantitative estimate of drug-likeness (QED) is 0.773. The highest BCUT2D eigenvalue weighted by atomic mass is 32.1. The molecule has 0 bridgehead atoms. The van der Waals surface area contributed by atoms with Gasteiger partial charge in [0.1, 0.15) is 5.69 Å². The fourth-order valence-corrected chi connectivity index (χ4v) is 3.33. The van der Waals surface area contributed by atoms with Crippen molar-refractivity contribution in [2.24, 2.45) is 0 Å². The molecule has 3 aromatic heterocycles. The number of aromatic amines is 1. The molecule has 0 spiro atoms. The lowest BCUT2D eigenvalue weighted by Gasteiger charge is -2.14. The molecule has 0 unspecified atom stereocenters. The normalized spacial score (nSPS) is 17.3. The Hall–Kier alpha value is -2.81. The van der Waals surface area contributed by atoms with Crippen LogP contribution in [0.15, 0.2) is 39.0 Å². The Morgan fingerprint density at radius 2 is 2.29 bits per heavy atom. The van der Waals surface area contributed by atoms with Gasteiger partial charge in [0, 0.05) is 25.1 Å². The molecule has 1 atom stereocenters. The molecule has 4 rings (SSSR count). The van der Waals surface area contributed by atoms with E-state index in [1.807, 2.05) is 17.5 Å². The lowest BCUT2D eigenvalue weighted by Crippen LogP contribution is -2.30. The van der Waals surface area contributed by atoms with E-state index in [0.29, 0.717) is 24.8 Å². The van der Waals surface area contributed by atoms with Gasteiger partial charge >= 0.3 is 0 Å². The Morgan fingerprint density at radius 3 is 3.04 bits per heavy atom. The number of rotatable bonds is 3. The van der Waals surface area contributed by atoms with E-state index in [9.17, 15) is 9.59 Å². The highest BCUT2D eigenvalue weighted by Crippen LogP contribution is 2.29. The molecule has 0 aromatic carbocycles. The maximum absolute atomic E-state index is 12.4. The Morgan fingerprint density at radius 1 is 1.38 bits per heavy atom. The first kappa shape index (κ1) is 14.8. The van der Waals surface area contributed by atoms with Gasteiger partial charge in [-0.1, -0.05) is 11.2 Å². The Kier molecular flexibility index (Phi) is 3.69. The van der Waals surface area contributed by atoms with Crippen molar-refractivity contribution < 1.29 is 9.32 Å². The molecule has 1 aliphatic rings. The number of carbonyl (C=O) groups excluding carboxylic acids is 1. The van der Waals surface area contributed by atoms with Gasteiger partial charge in [0.2, 0.25) is 0 Å². The molecule has 0 aliphatic carbocycles. The summed E-state index contributed by atoms with van der Waals surface area (Å²) in [6, 6.07) is 6.57. The molecule has 122 valence electrons. The molecule has 1 saturated heterocycles. The summed E-state index contributed by atoms with van der Waals surface area (Å²) in [6.07, 6.45) is 0.762. The van der Waals surface area contributed by atoms with E-state index in [1.54, 1.807) is 4.90 Å². The van der Waals surface area contributed by atoms with E-state index < -0.39 is 0 Å². The van der Waals surface area contributed by atoms with Crippen LogP contribution in [0.2, 0.25) is 0 Å². The van der Waals surface area contributed by atoms with Crippen molar-refractivity contribution in [3.8, 4) is 10.8 Å². The van der Waals surface area contributed by atoms with Crippen LogP contribution >= 0.6 is 11.3 Å². The van der Waals surface area contributed by atoms with E-state index in [-0.39, 0.29) is 23.1 Å². The van der Waals surface area contributed by atoms with Crippen LogP contribution in [0.1, 0.15) is 28.7 Å². The van der Waals surface area contributed by atoms with Gasteiger partial charge in [0.25, 0.3) is 17.4 Å². The average Bonchev–Trinajstić information content (AvgIpc) is 3.33. The summed E-state index contributed by atoms with van der Waals surface area (Å²) in [7, 11) is 0. The number of amides is 1. The molecule has 1 aliphatic heterocycles. The predicted molar refractivity (Wildman–Crippen MR) is 85.7 cm³/mol. The predicted octanol–water partition coefficient (Wildman–Crippen LogP) is 1.51. The van der Waals surface area contributed by atoms with Gasteiger partial charge in [-0.3, -0.25) is 9.59 Å². The highest BCUT2D eigenvalue weighted by Gasteiger charge is 2.31. The molecule has 1 fully saturated rings. The number of nitrogens with one attached hydrogen (secondary N) is 1. The Bertz CT molecular complexity index is 897. The van der Waals surface area contributed by atoms with E-state index in [1.165, 1.54) is 23.5 Å². The number of likely N-dealkylation sites (tertiary alicyclic amines) is 1. The molecule has 1 N–H and O–H groups in total. The van der Waals surface area contributed by atoms with E-state index in [0.717, 1.165) is 11.3 Å². The zero-order chi connectivity index (χ0) is 16.5. The summed E-state index contributed by atoms with van der Waals surface area (Å²) in [5.74, 6) is 0.945. The monoisotopic (exact) mass is 343 g/mol. The van der Waals surface area contributed by atoms with E-state index in [4.69, 9.17) is 4.52 Å². The zero-order valence-corrected chi connectivity index (χ0v) is 13.3. The molecule has 8 nitrogen and oxygen atoms in total. The summed E-state index contributed by atoms with van der Waals surface area (Å²) in [5, 5.41) is 12.1. The molecule has 0 saturated carbocycles. The van der Waals surface area contributed by atoms with Gasteiger partial charge < -0.3 is 9.42 Å². The fourth-order valence-electron chi connectivity index (χ4n) is 2.68. The van der Waals surface area contributed by atoms with Crippen molar-refractivity contribution in [1.29, 1.82) is 0 Å². The summed E-state index contributed by atoms with van der Waals surface area (Å²) in [5.41, 5.74) is -0.110. The highest BCUT2D eigenvalue weighted by molar-refractivity contribution is 7.13. The third-order valence-electron chi connectivity index (χ3n) is 3.91. The molecule has 4 heterocycles. The number of carbonyl (C=O) groups is 1. The van der Waals surface area contributed by atoms with Crippen molar-refractivity contribution in [3.63, 3.8) is 0 Å². The number of nitrogens with zero attached hydrogens (tertiary/aromatic N) is 4. The first-order valence-corrected chi connectivity index (χ1v) is 8.31. The van der Waals surface area contributed by atoms with Crippen molar-refractivity contribution in [2.75, 3.05) is 13.1 Å². The lowest BCUT2D eigenvalue weighted by molar-refractivity contribution is 0.0783. The first-order valence-electron chi connectivity index (χ1n) is 7.43. The second-order valence-corrected chi connectivity index (χ2v) is 6.43. The molecule has 3 aromatic rings. The second-order valence-electron chi connectivity index (χ2n) is 5.48. The minimum atomic E-state index is -0.334. The smallest absolute Gasteiger partial charge is 0.274 e. The molecular weight excluding hydrogens is 330 g/mol. The van der Waals surface area contributed by atoms with Gasteiger partial charge in [-0.15, -0.1) is 11.3 Å². The largest absolute Gasteiger partial charge is 0.336 e. The molecule has 0 radical (unpaired) electrons. The van der Waals surface area contributed by atoms with Gasteiger partial charge in [0.05, 0.1) is 4.88 Å². The topological polar surface area (TPSA) is 105 Å². The molecular formula is C15H13N5O3S. The van der Waals surface area contributed by atoms with Crippen molar-refractivity contribution in [3.05, 3.63) is 51.5 Å². The van der Waals surface area contributed by atoms with Crippen LogP contribution in [0, 0.1) is 0 Å². The molecule has 1 amide bonds. The number of aromatic nitrogens is 4. The number of H-pyrrole nitrogens is 1. The van der Waals surface area contributed by atoms with E-state index in [2.05, 4.69) is 20.3 Å². The molecule has 24 heavy (non-hydrogen) atoms. The third kappa shape index (κ3) is 2.73. The first-order chi connectivity index (χ1) is 11.7. The summed E-state index contributed by atoms with van der Waals surface area (Å²) in [6.45, 7) is 1.09. The number of hydrogen-bond donors (Lipinski definition) is 1. The van der Waals surface area contributed by atoms with E-state index >= 15 is 0 Å². The zero-order valence-electron chi connectivity index (χ0n) is 12.5. The van der Waals surface area contributed by atoms with Crippen LogP contribution < -0.4 is 5.56 Å². The van der Waals surface area contributed by atoms with Crippen LogP contribution in [0.4, 0.5) is 0 Å². The number of hydrogen-bond acceptors (Lipinski definition) is 7. The maximum atomic E-state index is 12.4. The van der Waals surface area contributed by atoms with Crippen LogP contribution in [0.3, 0.4) is 0 Å². The number of thiophene rings is 1. The van der Waals surface area contributed by atoms with Crippen LogP contribution in [-0.4, -0.2) is 44.2 Å². The van der Waals surface area contributed by atoms with Crippen LogP contribution in [0.25, 0.3) is 10.8 Å². The van der Waals surface area contributed by atoms with Crippen molar-refractivity contribution >= 4 is 17.2 Å². The third-order valence-corrected chi connectivity index (χ3v) is 4.77. The van der Waals surface area contributed by atoms with Crippen molar-refractivity contribution in [2.45, 2.75) is 12.3 Å². The summed E-state index contributed by atoms with van der Waals surface area (Å²) < 4.78 is 5.31.